The molecular weight excluding hydrogens is 378 g/mol. The first-order chi connectivity index (χ1) is 14.8. The van der Waals surface area contributed by atoms with Crippen LogP contribution in [0.5, 0.6) is 0 Å². The molecule has 1 saturated carbocycles. The fraction of sp³-hybridized carbons (Fsp3) is 0.455. The van der Waals surface area contributed by atoms with Gasteiger partial charge in [0, 0.05) is 49.3 Å². The number of nitrogens with zero attached hydrogens (tertiary/aromatic N) is 6. The van der Waals surface area contributed by atoms with Gasteiger partial charge in [-0.15, -0.1) is 5.10 Å². The number of hydrogen-bond donors (Lipinski definition) is 1. The van der Waals surface area contributed by atoms with Crippen LogP contribution in [-0.2, 0) is 4.74 Å². The third-order valence-corrected chi connectivity index (χ3v) is 6.25. The summed E-state index contributed by atoms with van der Waals surface area (Å²) in [4.78, 5) is 13.9. The number of imidazole rings is 1. The molecule has 0 radical (unpaired) electrons. The van der Waals surface area contributed by atoms with Crippen LogP contribution in [0.4, 0.5) is 5.95 Å². The molecule has 4 aromatic heterocycles. The van der Waals surface area contributed by atoms with E-state index in [0.29, 0.717) is 12.0 Å². The summed E-state index contributed by atoms with van der Waals surface area (Å²) >= 11 is 0. The lowest BCUT2D eigenvalue weighted by Crippen LogP contribution is -2.20. The van der Waals surface area contributed by atoms with Gasteiger partial charge >= 0.3 is 0 Å². The minimum Gasteiger partial charge on any atom is -0.381 e. The highest BCUT2D eigenvalue weighted by molar-refractivity contribution is 5.85. The number of pyridine rings is 1. The van der Waals surface area contributed by atoms with E-state index in [1.807, 2.05) is 23.1 Å². The van der Waals surface area contributed by atoms with Crippen LogP contribution < -0.4 is 5.32 Å². The molecule has 0 aromatic carbocycles. The molecule has 0 atom stereocenters. The normalized spacial score (nSPS) is 17.8. The zero-order valence-electron chi connectivity index (χ0n) is 17.1. The van der Waals surface area contributed by atoms with Crippen molar-refractivity contribution in [3.05, 3.63) is 36.5 Å². The number of nitrogens with one attached hydrogen (secondary N) is 1. The minimum atomic E-state index is 0.412. The maximum Gasteiger partial charge on any atom is 0.241 e. The van der Waals surface area contributed by atoms with E-state index in [-0.39, 0.29) is 0 Å². The zero-order valence-corrected chi connectivity index (χ0v) is 17.1. The van der Waals surface area contributed by atoms with Gasteiger partial charge in [-0.2, -0.15) is 0 Å². The third kappa shape index (κ3) is 3.11. The fourth-order valence-electron chi connectivity index (χ4n) is 4.43. The summed E-state index contributed by atoms with van der Waals surface area (Å²) in [7, 11) is 0. The van der Waals surface area contributed by atoms with Gasteiger partial charge in [0.1, 0.15) is 5.82 Å². The van der Waals surface area contributed by atoms with Crippen molar-refractivity contribution in [2.75, 3.05) is 25.1 Å². The third-order valence-electron chi connectivity index (χ3n) is 6.25. The quantitative estimate of drug-likeness (QED) is 0.548. The second-order valence-corrected chi connectivity index (χ2v) is 8.40. The van der Waals surface area contributed by atoms with Gasteiger partial charge in [-0.3, -0.25) is 0 Å². The highest BCUT2D eigenvalue weighted by Gasteiger charge is 2.22. The lowest BCUT2D eigenvalue weighted by atomic mass is 10.1. The number of hydrogen-bond acceptors (Lipinski definition) is 6. The van der Waals surface area contributed by atoms with Crippen molar-refractivity contribution in [2.24, 2.45) is 5.92 Å². The predicted octanol–water partition coefficient (Wildman–Crippen LogP) is 3.62. The molecule has 2 aliphatic rings. The van der Waals surface area contributed by atoms with E-state index in [2.05, 4.69) is 44.0 Å². The Balaban J connectivity index is 1.37. The molecule has 4 aromatic rings. The number of aromatic nitrogens is 6. The summed E-state index contributed by atoms with van der Waals surface area (Å²) in [6, 6.07) is 4.70. The van der Waals surface area contributed by atoms with Gasteiger partial charge in [0.05, 0.1) is 17.2 Å². The van der Waals surface area contributed by atoms with Crippen LogP contribution in [0, 0.1) is 12.8 Å². The lowest BCUT2D eigenvalue weighted by Gasteiger charge is -2.25. The number of anilines is 1. The SMILES string of the molecule is Cc1nc2ncc(-c3ccn4nc(NCC5CC5)ncc34)cc2n1C1CCOCC1. The molecule has 8 nitrogen and oxygen atoms in total. The van der Waals surface area contributed by atoms with Gasteiger partial charge in [0.15, 0.2) is 5.65 Å². The number of aryl methyl sites for hydroxylation is 1. The summed E-state index contributed by atoms with van der Waals surface area (Å²) in [6.07, 6.45) is 10.4. The smallest absolute Gasteiger partial charge is 0.241 e. The summed E-state index contributed by atoms with van der Waals surface area (Å²) in [5.74, 6) is 2.47. The second-order valence-electron chi connectivity index (χ2n) is 8.40. The minimum absolute atomic E-state index is 0.412. The molecule has 8 heteroatoms. The molecule has 0 bridgehead atoms. The Labute approximate surface area is 174 Å². The van der Waals surface area contributed by atoms with Crippen LogP contribution in [0.1, 0.15) is 37.5 Å². The van der Waals surface area contributed by atoms with Gasteiger partial charge in [-0.1, -0.05) is 0 Å². The Morgan fingerprint density at radius 3 is 2.80 bits per heavy atom. The molecule has 6 rings (SSSR count). The van der Waals surface area contributed by atoms with Gasteiger partial charge in [0.2, 0.25) is 5.95 Å². The molecule has 1 aliphatic carbocycles. The molecule has 5 heterocycles. The molecule has 2 fully saturated rings. The number of ether oxygens (including phenoxy) is 1. The highest BCUT2D eigenvalue weighted by Crippen LogP contribution is 2.32. The van der Waals surface area contributed by atoms with Crippen LogP contribution in [0.15, 0.2) is 30.7 Å². The maximum absolute atomic E-state index is 5.55. The van der Waals surface area contributed by atoms with Crippen molar-refractivity contribution in [3.63, 3.8) is 0 Å². The van der Waals surface area contributed by atoms with Crippen molar-refractivity contribution >= 4 is 22.6 Å². The Morgan fingerprint density at radius 2 is 1.97 bits per heavy atom. The van der Waals surface area contributed by atoms with E-state index in [1.54, 1.807) is 0 Å². The van der Waals surface area contributed by atoms with Crippen LogP contribution >= 0.6 is 0 Å². The molecular formula is C22H25N7O. The lowest BCUT2D eigenvalue weighted by molar-refractivity contribution is 0.0701. The standard InChI is InChI=1S/C22H25N7O/c1-14-26-21-19(29(14)17-5-8-30-9-6-17)10-16(12-23-21)18-4-7-28-20(18)13-25-22(27-28)24-11-15-2-3-15/h4,7,10,12-13,15,17H,2-3,5-6,8-9,11H2,1H3,(H,24,27). The Morgan fingerprint density at radius 1 is 1.10 bits per heavy atom. The summed E-state index contributed by atoms with van der Waals surface area (Å²) in [5, 5.41) is 7.96. The summed E-state index contributed by atoms with van der Waals surface area (Å²) < 4.78 is 9.78. The van der Waals surface area contributed by atoms with E-state index >= 15 is 0 Å². The molecule has 0 amide bonds. The summed E-state index contributed by atoms with van der Waals surface area (Å²) in [5.41, 5.74) is 4.99. The van der Waals surface area contributed by atoms with Gasteiger partial charge in [0.25, 0.3) is 0 Å². The topological polar surface area (TPSA) is 82.2 Å². The molecule has 1 N–H and O–H groups in total. The molecule has 30 heavy (non-hydrogen) atoms. The highest BCUT2D eigenvalue weighted by atomic mass is 16.5. The van der Waals surface area contributed by atoms with Crippen LogP contribution in [0.2, 0.25) is 0 Å². The van der Waals surface area contributed by atoms with Crippen LogP contribution in [0.25, 0.3) is 27.8 Å². The first-order valence-corrected chi connectivity index (χ1v) is 10.8. The maximum atomic E-state index is 5.55. The molecule has 0 unspecified atom stereocenters. The average Bonchev–Trinajstić information content (AvgIpc) is 3.42. The molecule has 1 saturated heterocycles. The van der Waals surface area contributed by atoms with Crippen LogP contribution in [0.3, 0.4) is 0 Å². The number of fused-ring (bicyclic) bond motifs is 2. The average molecular weight is 403 g/mol. The first-order valence-electron chi connectivity index (χ1n) is 10.8. The van der Waals surface area contributed by atoms with E-state index in [0.717, 1.165) is 72.1 Å². The van der Waals surface area contributed by atoms with Gasteiger partial charge in [-0.25, -0.2) is 19.5 Å². The van der Waals surface area contributed by atoms with Gasteiger partial charge in [-0.05, 0) is 50.7 Å². The molecule has 154 valence electrons. The Kier molecular flexibility index (Phi) is 4.19. The number of rotatable bonds is 5. The van der Waals surface area contributed by atoms with Crippen molar-refractivity contribution in [1.82, 2.24) is 29.1 Å². The van der Waals surface area contributed by atoms with Gasteiger partial charge < -0.3 is 14.6 Å². The summed E-state index contributed by atoms with van der Waals surface area (Å²) in [6.45, 7) is 4.62. The second kappa shape index (κ2) is 7.05. The van der Waals surface area contributed by atoms with E-state index in [9.17, 15) is 0 Å². The Bertz CT molecular complexity index is 1220. The molecule has 0 spiro atoms. The van der Waals surface area contributed by atoms with E-state index in [1.165, 1.54) is 12.8 Å². The predicted molar refractivity (Wildman–Crippen MR) is 115 cm³/mol. The van der Waals surface area contributed by atoms with E-state index in [4.69, 9.17) is 9.72 Å². The molecule has 1 aliphatic heterocycles. The van der Waals surface area contributed by atoms with Crippen LogP contribution in [-0.4, -0.2) is 48.9 Å². The fourth-order valence-corrected chi connectivity index (χ4v) is 4.43. The zero-order chi connectivity index (χ0) is 20.1. The van der Waals surface area contributed by atoms with Crippen molar-refractivity contribution in [1.29, 1.82) is 0 Å². The Hall–Kier alpha value is -3.00. The van der Waals surface area contributed by atoms with Crippen molar-refractivity contribution in [2.45, 2.75) is 38.6 Å². The van der Waals surface area contributed by atoms with Crippen molar-refractivity contribution < 1.29 is 4.74 Å². The van der Waals surface area contributed by atoms with E-state index < -0.39 is 0 Å². The largest absolute Gasteiger partial charge is 0.381 e. The van der Waals surface area contributed by atoms with Crippen molar-refractivity contribution in [3.8, 4) is 11.1 Å². The monoisotopic (exact) mass is 403 g/mol. The first kappa shape index (κ1) is 17.8.